The zero-order valence-electron chi connectivity index (χ0n) is 17.3. The molecule has 0 N–H and O–H groups in total. The van der Waals surface area contributed by atoms with Crippen molar-refractivity contribution in [3.05, 3.63) is 24.3 Å². The molecule has 4 aliphatic rings. The van der Waals surface area contributed by atoms with E-state index in [1.165, 1.54) is 17.6 Å². The highest BCUT2D eigenvalue weighted by Gasteiger charge is 2.49. The number of rotatable bonds is 6. The maximum Gasteiger partial charge on any atom is 0.115 e. The van der Waals surface area contributed by atoms with E-state index in [9.17, 15) is 4.39 Å². The van der Waals surface area contributed by atoms with Gasteiger partial charge in [0.2, 0.25) is 0 Å². The number of halogens is 1. The molecule has 5 heteroatoms. The first-order valence-corrected chi connectivity index (χ1v) is 10.6. The summed E-state index contributed by atoms with van der Waals surface area (Å²) in [6.07, 6.45) is 4.57. The maximum absolute atomic E-state index is 13.2. The highest BCUT2D eigenvalue weighted by atomic mass is 19.1. The number of hydrogen-bond donors (Lipinski definition) is 0. The first-order chi connectivity index (χ1) is 12.9. The second-order valence-electron chi connectivity index (χ2n) is 8.78. The van der Waals surface area contributed by atoms with Gasteiger partial charge in [0, 0.05) is 44.8 Å². The fourth-order valence-corrected chi connectivity index (χ4v) is 5.49. The SMILES string of the molecule is C=C1CN2CC(=C)CC2(COCC)C1.CCOCC12CCCN1CC(F)C2. The standard InChI is InChI=1S/C12H19NO.C10H18FNO/c1-4-14-9-12-5-10(2)7-13(12)8-11(3)6-12;1-2-13-8-10-4-3-5-12(10)7-9(11)6-10/h2-9H2,1H3;9H,2-8H2,1H3. The van der Waals surface area contributed by atoms with Gasteiger partial charge in [-0.05, 0) is 46.1 Å². The molecule has 0 amide bonds. The van der Waals surface area contributed by atoms with Gasteiger partial charge in [-0.1, -0.05) is 24.3 Å². The molecule has 27 heavy (non-hydrogen) atoms. The second-order valence-corrected chi connectivity index (χ2v) is 8.78. The van der Waals surface area contributed by atoms with E-state index in [1.807, 2.05) is 6.92 Å². The van der Waals surface area contributed by atoms with Crippen molar-refractivity contribution in [3.63, 3.8) is 0 Å². The van der Waals surface area contributed by atoms with E-state index >= 15 is 0 Å². The van der Waals surface area contributed by atoms with Crippen molar-refractivity contribution in [1.82, 2.24) is 9.80 Å². The molecule has 2 atom stereocenters. The Morgan fingerprint density at radius 1 is 1.00 bits per heavy atom. The molecule has 4 rings (SSSR count). The number of nitrogens with zero attached hydrogens (tertiary/aromatic N) is 2. The predicted molar refractivity (Wildman–Crippen MR) is 108 cm³/mol. The lowest BCUT2D eigenvalue weighted by molar-refractivity contribution is 0.0413. The average molecular weight is 381 g/mol. The van der Waals surface area contributed by atoms with Gasteiger partial charge in [0.15, 0.2) is 0 Å². The minimum Gasteiger partial charge on any atom is -0.380 e. The van der Waals surface area contributed by atoms with Gasteiger partial charge in [0.1, 0.15) is 6.17 Å². The summed E-state index contributed by atoms with van der Waals surface area (Å²) < 4.78 is 24.3. The molecule has 0 spiro atoms. The molecular formula is C22H37FN2O2. The zero-order chi connectivity index (χ0) is 19.5. The van der Waals surface area contributed by atoms with Gasteiger partial charge in [-0.25, -0.2) is 4.39 Å². The molecule has 154 valence electrons. The molecule has 0 radical (unpaired) electrons. The van der Waals surface area contributed by atoms with E-state index in [4.69, 9.17) is 9.47 Å². The Balaban J connectivity index is 0.000000156. The lowest BCUT2D eigenvalue weighted by Gasteiger charge is -2.30. The Labute approximate surface area is 164 Å². The van der Waals surface area contributed by atoms with Crippen LogP contribution in [-0.2, 0) is 9.47 Å². The summed E-state index contributed by atoms with van der Waals surface area (Å²) in [5.74, 6) is 0. The molecule has 0 aromatic heterocycles. The average Bonchev–Trinajstić information content (AvgIpc) is 3.28. The number of ether oxygens (including phenoxy) is 2. The monoisotopic (exact) mass is 380 g/mol. The summed E-state index contributed by atoms with van der Waals surface area (Å²) in [7, 11) is 0. The van der Waals surface area contributed by atoms with E-state index in [0.29, 0.717) is 13.0 Å². The van der Waals surface area contributed by atoms with Crippen molar-refractivity contribution >= 4 is 0 Å². The minimum atomic E-state index is -0.624. The molecule has 2 unspecified atom stereocenters. The lowest BCUT2D eigenvalue weighted by Crippen LogP contribution is -2.42. The molecular weight excluding hydrogens is 343 g/mol. The Morgan fingerprint density at radius 3 is 2.19 bits per heavy atom. The fourth-order valence-electron chi connectivity index (χ4n) is 5.49. The summed E-state index contributed by atoms with van der Waals surface area (Å²) in [6.45, 7) is 19.1. The van der Waals surface area contributed by atoms with Crippen LogP contribution in [0.3, 0.4) is 0 Å². The van der Waals surface area contributed by atoms with E-state index < -0.39 is 6.17 Å². The smallest absolute Gasteiger partial charge is 0.115 e. The Morgan fingerprint density at radius 2 is 1.59 bits per heavy atom. The van der Waals surface area contributed by atoms with Gasteiger partial charge in [-0.15, -0.1) is 0 Å². The van der Waals surface area contributed by atoms with Gasteiger partial charge in [-0.2, -0.15) is 0 Å². The Hall–Kier alpha value is -0.750. The van der Waals surface area contributed by atoms with Crippen LogP contribution in [0.1, 0.15) is 46.0 Å². The number of hydrogen-bond acceptors (Lipinski definition) is 4. The summed E-state index contributed by atoms with van der Waals surface area (Å²) in [5.41, 5.74) is 2.97. The number of alkyl halides is 1. The van der Waals surface area contributed by atoms with E-state index in [2.05, 4.69) is 29.9 Å². The minimum absolute atomic E-state index is 0.0649. The first kappa shape index (κ1) is 21.0. The second kappa shape index (κ2) is 8.73. The van der Waals surface area contributed by atoms with Crippen LogP contribution in [0.15, 0.2) is 24.3 Å². The molecule has 4 fully saturated rings. The molecule has 4 heterocycles. The molecule has 4 aliphatic heterocycles. The van der Waals surface area contributed by atoms with Crippen molar-refractivity contribution < 1.29 is 13.9 Å². The lowest BCUT2D eigenvalue weighted by atomic mass is 9.92. The van der Waals surface area contributed by atoms with Gasteiger partial charge in [0.25, 0.3) is 0 Å². The van der Waals surface area contributed by atoms with Crippen LogP contribution >= 0.6 is 0 Å². The Bertz CT molecular complexity index is 532. The summed E-state index contributed by atoms with van der Waals surface area (Å²) in [5, 5.41) is 0. The summed E-state index contributed by atoms with van der Waals surface area (Å²) >= 11 is 0. The molecule has 0 aromatic rings. The van der Waals surface area contributed by atoms with Gasteiger partial charge in [-0.3, -0.25) is 9.80 Å². The van der Waals surface area contributed by atoms with Crippen LogP contribution in [0.25, 0.3) is 0 Å². The van der Waals surface area contributed by atoms with Crippen molar-refractivity contribution in [2.24, 2.45) is 0 Å². The topological polar surface area (TPSA) is 24.9 Å². The first-order valence-electron chi connectivity index (χ1n) is 10.6. The van der Waals surface area contributed by atoms with Crippen molar-refractivity contribution in [3.8, 4) is 0 Å². The predicted octanol–water partition coefficient (Wildman–Crippen LogP) is 3.58. The van der Waals surface area contributed by atoms with E-state index in [-0.39, 0.29) is 11.1 Å². The van der Waals surface area contributed by atoms with Crippen LogP contribution in [-0.4, -0.2) is 79.7 Å². The highest BCUT2D eigenvalue weighted by molar-refractivity contribution is 5.26. The zero-order valence-corrected chi connectivity index (χ0v) is 17.3. The molecule has 0 bridgehead atoms. The van der Waals surface area contributed by atoms with Crippen LogP contribution < -0.4 is 0 Å². The van der Waals surface area contributed by atoms with Crippen molar-refractivity contribution in [2.75, 3.05) is 52.6 Å². The van der Waals surface area contributed by atoms with E-state index in [1.54, 1.807) is 0 Å². The summed E-state index contributed by atoms with van der Waals surface area (Å²) in [4.78, 5) is 4.76. The van der Waals surface area contributed by atoms with Crippen molar-refractivity contribution in [1.29, 1.82) is 0 Å². The van der Waals surface area contributed by atoms with Gasteiger partial charge in [0.05, 0.1) is 18.8 Å². The molecule has 4 saturated heterocycles. The summed E-state index contributed by atoms with van der Waals surface area (Å²) in [6, 6.07) is 0. The van der Waals surface area contributed by atoms with Crippen LogP contribution in [0.4, 0.5) is 4.39 Å². The maximum atomic E-state index is 13.2. The molecule has 0 aromatic carbocycles. The number of fused-ring (bicyclic) bond motifs is 2. The van der Waals surface area contributed by atoms with Crippen molar-refractivity contribution in [2.45, 2.75) is 63.2 Å². The van der Waals surface area contributed by atoms with Crippen LogP contribution in [0, 0.1) is 0 Å². The molecule has 0 aliphatic carbocycles. The third kappa shape index (κ3) is 4.47. The van der Waals surface area contributed by atoms with Gasteiger partial charge >= 0.3 is 0 Å². The molecule has 4 nitrogen and oxygen atoms in total. The van der Waals surface area contributed by atoms with E-state index in [0.717, 1.165) is 65.3 Å². The third-order valence-corrected chi connectivity index (χ3v) is 6.57. The quantitative estimate of drug-likeness (QED) is 0.658. The van der Waals surface area contributed by atoms with Crippen LogP contribution in [0.5, 0.6) is 0 Å². The van der Waals surface area contributed by atoms with Crippen LogP contribution in [0.2, 0.25) is 0 Å². The van der Waals surface area contributed by atoms with Gasteiger partial charge < -0.3 is 9.47 Å². The normalized spacial score (nSPS) is 32.5. The third-order valence-electron chi connectivity index (χ3n) is 6.57. The highest BCUT2D eigenvalue weighted by Crippen LogP contribution is 2.42. The Kier molecular flexibility index (Phi) is 6.78. The largest absolute Gasteiger partial charge is 0.380 e. The fraction of sp³-hybridized carbons (Fsp3) is 0.818. The molecule has 0 saturated carbocycles.